The summed E-state index contributed by atoms with van der Waals surface area (Å²) in [6.45, 7) is 8.40. The third kappa shape index (κ3) is 2.81. The van der Waals surface area contributed by atoms with E-state index in [1.54, 1.807) is 0 Å². The zero-order valence-corrected chi connectivity index (χ0v) is 7.44. The van der Waals surface area contributed by atoms with E-state index in [1.807, 2.05) is 13.1 Å². The topological polar surface area (TPSA) is 12.4 Å². The van der Waals surface area contributed by atoms with Crippen LogP contribution < -0.4 is 0 Å². The monoisotopic (exact) mass is 139 g/mol. The Balaban J connectivity index is 4.29. The van der Waals surface area contributed by atoms with Gasteiger partial charge in [0.15, 0.2) is 0 Å². The Hall–Kier alpha value is -0.590. The van der Waals surface area contributed by atoms with E-state index >= 15 is 0 Å². The van der Waals surface area contributed by atoms with E-state index < -0.39 is 0 Å². The Labute approximate surface area is 63.9 Å². The second kappa shape index (κ2) is 5.21. The normalized spacial score (nSPS) is 14.0. The fourth-order valence-corrected chi connectivity index (χ4v) is 0.863. The molecule has 0 aliphatic heterocycles. The lowest BCUT2D eigenvalue weighted by Gasteiger charge is -2.01. The summed E-state index contributed by atoms with van der Waals surface area (Å²) in [4.78, 5) is 4.27. The highest BCUT2D eigenvalue weighted by atomic mass is 14.7. The summed E-state index contributed by atoms with van der Waals surface area (Å²) < 4.78 is 0. The average molecular weight is 139 g/mol. The van der Waals surface area contributed by atoms with E-state index in [4.69, 9.17) is 0 Å². The molecule has 0 N–H and O–H groups in total. The molecule has 0 fully saturated rings. The van der Waals surface area contributed by atoms with Gasteiger partial charge in [0, 0.05) is 11.9 Å². The van der Waals surface area contributed by atoms with Crippen molar-refractivity contribution in [2.24, 2.45) is 4.99 Å². The molecule has 0 aromatic rings. The second-order valence-corrected chi connectivity index (χ2v) is 2.32. The van der Waals surface area contributed by atoms with Crippen LogP contribution in [0, 0.1) is 0 Å². The third-order valence-corrected chi connectivity index (χ3v) is 1.64. The van der Waals surface area contributed by atoms with Gasteiger partial charge in [0.1, 0.15) is 0 Å². The van der Waals surface area contributed by atoms with Crippen LogP contribution in [-0.2, 0) is 0 Å². The number of hydrogen-bond donors (Lipinski definition) is 0. The van der Waals surface area contributed by atoms with Gasteiger partial charge in [-0.3, -0.25) is 4.99 Å². The maximum atomic E-state index is 4.27. The fraction of sp³-hybridized carbons (Fsp3) is 0.667. The van der Waals surface area contributed by atoms with Gasteiger partial charge in [-0.05, 0) is 26.7 Å². The number of aliphatic imine (C=N–C) groups is 1. The molecular weight excluding hydrogens is 122 g/mol. The van der Waals surface area contributed by atoms with Crippen LogP contribution in [0.5, 0.6) is 0 Å². The van der Waals surface area contributed by atoms with Gasteiger partial charge in [-0.25, -0.2) is 0 Å². The molecule has 0 aromatic heterocycles. The molecule has 58 valence electrons. The molecule has 0 rings (SSSR count). The number of nitrogens with zero attached hydrogens (tertiary/aromatic N) is 1. The summed E-state index contributed by atoms with van der Waals surface area (Å²) in [5.41, 5.74) is 2.64. The molecule has 10 heavy (non-hydrogen) atoms. The van der Waals surface area contributed by atoms with Crippen molar-refractivity contribution in [1.29, 1.82) is 0 Å². The summed E-state index contributed by atoms with van der Waals surface area (Å²) in [5, 5.41) is 0. The van der Waals surface area contributed by atoms with Crippen molar-refractivity contribution >= 4 is 6.21 Å². The van der Waals surface area contributed by atoms with Crippen LogP contribution in [0.2, 0.25) is 0 Å². The van der Waals surface area contributed by atoms with E-state index in [0.717, 1.165) is 12.8 Å². The predicted octanol–water partition coefficient (Wildman–Crippen LogP) is 3.17. The number of rotatable bonds is 3. The smallest absolute Gasteiger partial charge is 0.0385 e. The minimum Gasteiger partial charge on any atom is -0.266 e. The SMILES string of the molecule is CC=N/C(CC)=C(\C)CC. The lowest BCUT2D eigenvalue weighted by Crippen LogP contribution is -1.82. The molecule has 0 radical (unpaired) electrons. The van der Waals surface area contributed by atoms with Gasteiger partial charge in [-0.2, -0.15) is 0 Å². The van der Waals surface area contributed by atoms with Crippen molar-refractivity contribution in [3.8, 4) is 0 Å². The van der Waals surface area contributed by atoms with Crippen LogP contribution in [0.1, 0.15) is 40.5 Å². The summed E-state index contributed by atoms with van der Waals surface area (Å²) in [6, 6.07) is 0. The first-order chi connectivity index (χ1) is 4.76. The molecule has 0 saturated carbocycles. The van der Waals surface area contributed by atoms with Crippen LogP contribution in [0.4, 0.5) is 0 Å². The van der Waals surface area contributed by atoms with Gasteiger partial charge in [0.05, 0.1) is 0 Å². The fourth-order valence-electron chi connectivity index (χ4n) is 0.863. The van der Waals surface area contributed by atoms with Crippen molar-refractivity contribution < 1.29 is 0 Å². The minimum atomic E-state index is 1.05. The van der Waals surface area contributed by atoms with Crippen LogP contribution >= 0.6 is 0 Å². The molecule has 0 spiro atoms. The molecule has 0 amide bonds. The molecule has 0 aliphatic rings. The molecular formula is C9H17N. The molecule has 0 bridgehead atoms. The first kappa shape index (κ1) is 9.41. The van der Waals surface area contributed by atoms with Crippen LogP contribution in [0.3, 0.4) is 0 Å². The summed E-state index contributed by atoms with van der Waals surface area (Å²) in [6.07, 6.45) is 4.02. The molecule has 0 saturated heterocycles. The van der Waals surface area contributed by atoms with E-state index in [1.165, 1.54) is 11.3 Å². The maximum absolute atomic E-state index is 4.27. The van der Waals surface area contributed by atoms with Gasteiger partial charge in [0.2, 0.25) is 0 Å². The van der Waals surface area contributed by atoms with Crippen LogP contribution in [0.15, 0.2) is 16.3 Å². The maximum Gasteiger partial charge on any atom is 0.0385 e. The molecule has 1 heteroatoms. The van der Waals surface area contributed by atoms with Crippen LogP contribution in [0.25, 0.3) is 0 Å². The number of hydrogen-bond acceptors (Lipinski definition) is 1. The lowest BCUT2D eigenvalue weighted by atomic mass is 10.1. The Kier molecular flexibility index (Phi) is 4.91. The second-order valence-electron chi connectivity index (χ2n) is 2.32. The largest absolute Gasteiger partial charge is 0.266 e. The predicted molar refractivity (Wildman–Crippen MR) is 47.4 cm³/mol. The Morgan fingerprint density at radius 3 is 2.20 bits per heavy atom. The quantitative estimate of drug-likeness (QED) is 0.532. The summed E-state index contributed by atoms with van der Waals surface area (Å²) in [5.74, 6) is 0. The molecule has 0 aliphatic carbocycles. The first-order valence-corrected chi connectivity index (χ1v) is 3.93. The van der Waals surface area contributed by atoms with Gasteiger partial charge in [-0.15, -0.1) is 0 Å². The third-order valence-electron chi connectivity index (χ3n) is 1.64. The van der Waals surface area contributed by atoms with Crippen LogP contribution in [-0.4, -0.2) is 6.21 Å². The van der Waals surface area contributed by atoms with Crippen molar-refractivity contribution in [2.45, 2.75) is 40.5 Å². The highest BCUT2D eigenvalue weighted by Crippen LogP contribution is 2.11. The Morgan fingerprint density at radius 2 is 1.90 bits per heavy atom. The zero-order chi connectivity index (χ0) is 7.98. The molecule has 0 aromatic carbocycles. The van der Waals surface area contributed by atoms with Crippen molar-refractivity contribution in [2.75, 3.05) is 0 Å². The summed E-state index contributed by atoms with van der Waals surface area (Å²) >= 11 is 0. The standard InChI is InChI=1S/C9H17N/c1-5-8(4)9(6-2)10-7-3/h7H,5-6H2,1-4H3/b9-8+,10-7?. The molecule has 0 unspecified atom stereocenters. The van der Waals surface area contributed by atoms with Gasteiger partial charge >= 0.3 is 0 Å². The Bertz CT molecular complexity index is 143. The molecule has 0 heterocycles. The lowest BCUT2D eigenvalue weighted by molar-refractivity contribution is 0.968. The van der Waals surface area contributed by atoms with Crippen molar-refractivity contribution in [3.63, 3.8) is 0 Å². The molecule has 0 atom stereocenters. The summed E-state index contributed by atoms with van der Waals surface area (Å²) in [7, 11) is 0. The van der Waals surface area contributed by atoms with E-state index in [-0.39, 0.29) is 0 Å². The zero-order valence-electron chi connectivity index (χ0n) is 7.44. The van der Waals surface area contributed by atoms with Crippen molar-refractivity contribution in [1.82, 2.24) is 0 Å². The van der Waals surface area contributed by atoms with E-state index in [0.29, 0.717) is 0 Å². The minimum absolute atomic E-state index is 1.05. The molecule has 1 nitrogen and oxygen atoms in total. The highest BCUT2D eigenvalue weighted by Gasteiger charge is 1.93. The van der Waals surface area contributed by atoms with Gasteiger partial charge in [0.25, 0.3) is 0 Å². The first-order valence-electron chi connectivity index (χ1n) is 3.93. The number of allylic oxidation sites excluding steroid dienone is 2. The highest BCUT2D eigenvalue weighted by molar-refractivity contribution is 5.55. The van der Waals surface area contributed by atoms with Gasteiger partial charge in [-0.1, -0.05) is 19.4 Å². The van der Waals surface area contributed by atoms with E-state index in [2.05, 4.69) is 25.8 Å². The average Bonchev–Trinajstić information content (AvgIpc) is 1.99. The van der Waals surface area contributed by atoms with Gasteiger partial charge < -0.3 is 0 Å². The Morgan fingerprint density at radius 1 is 1.30 bits per heavy atom. The van der Waals surface area contributed by atoms with Crippen molar-refractivity contribution in [3.05, 3.63) is 11.3 Å². The van der Waals surface area contributed by atoms with E-state index in [9.17, 15) is 0 Å².